The van der Waals surface area contributed by atoms with Gasteiger partial charge in [-0.2, -0.15) is 0 Å². The summed E-state index contributed by atoms with van der Waals surface area (Å²) < 4.78 is 0. The summed E-state index contributed by atoms with van der Waals surface area (Å²) in [7, 11) is 0. The third-order valence-corrected chi connectivity index (χ3v) is 1.60. The Hall–Kier alpha value is -0.460. The van der Waals surface area contributed by atoms with Crippen LogP contribution in [-0.2, 0) is 0 Å². The van der Waals surface area contributed by atoms with Crippen LogP contribution in [0.2, 0.25) is 0 Å². The van der Waals surface area contributed by atoms with Crippen LogP contribution in [0, 0.1) is 0 Å². The topological polar surface area (TPSA) is 107 Å². The minimum atomic E-state index is -1.46. The first-order chi connectivity index (χ1) is 5.54. The molecule has 0 saturated heterocycles. The highest BCUT2D eigenvalue weighted by Gasteiger charge is 2.27. The van der Waals surface area contributed by atoms with Crippen LogP contribution in [0.25, 0.3) is 0 Å². The molecule has 0 spiro atoms. The smallest absolute Gasteiger partial charge is 0.110 e. The zero-order valence-corrected chi connectivity index (χ0v) is 6.67. The van der Waals surface area contributed by atoms with Crippen molar-refractivity contribution in [3.8, 4) is 0 Å². The Labute approximate surface area is 70.8 Å². The van der Waals surface area contributed by atoms with Gasteiger partial charge in [-0.15, -0.1) is 6.58 Å². The van der Waals surface area contributed by atoms with Crippen molar-refractivity contribution < 1.29 is 20.4 Å². The maximum absolute atomic E-state index is 9.17. The maximum Gasteiger partial charge on any atom is 0.110 e. The van der Waals surface area contributed by atoms with Gasteiger partial charge in [-0.1, -0.05) is 6.08 Å². The second-order valence-corrected chi connectivity index (χ2v) is 2.54. The minimum Gasteiger partial charge on any atom is -0.394 e. The summed E-state index contributed by atoms with van der Waals surface area (Å²) >= 11 is 0. The molecule has 0 heterocycles. The lowest BCUT2D eigenvalue weighted by Gasteiger charge is -2.24. The quantitative estimate of drug-likeness (QED) is 0.300. The van der Waals surface area contributed by atoms with Crippen molar-refractivity contribution >= 4 is 0 Å². The van der Waals surface area contributed by atoms with Crippen LogP contribution in [0.5, 0.6) is 0 Å². The van der Waals surface area contributed by atoms with Gasteiger partial charge in [-0.25, -0.2) is 0 Å². The summed E-state index contributed by atoms with van der Waals surface area (Å²) in [5.41, 5.74) is 5.29. The summed E-state index contributed by atoms with van der Waals surface area (Å²) in [5.74, 6) is 0. The number of hydrogen-bond donors (Lipinski definition) is 5. The van der Waals surface area contributed by atoms with Crippen LogP contribution >= 0.6 is 0 Å². The first kappa shape index (κ1) is 11.5. The molecule has 6 N–H and O–H groups in total. The van der Waals surface area contributed by atoms with Gasteiger partial charge < -0.3 is 26.2 Å². The van der Waals surface area contributed by atoms with Crippen LogP contribution in [0.15, 0.2) is 12.7 Å². The number of nitrogens with two attached hydrogens (primary N) is 1. The summed E-state index contributed by atoms with van der Waals surface area (Å²) in [6.07, 6.45) is -2.91. The lowest BCUT2D eigenvalue weighted by Crippen LogP contribution is -2.48. The molecule has 12 heavy (non-hydrogen) atoms. The van der Waals surface area contributed by atoms with E-state index in [0.29, 0.717) is 0 Å². The Morgan fingerprint density at radius 2 is 1.75 bits per heavy atom. The molecule has 5 heteroatoms. The van der Waals surface area contributed by atoms with E-state index >= 15 is 0 Å². The van der Waals surface area contributed by atoms with Crippen LogP contribution in [0.4, 0.5) is 0 Å². The SMILES string of the molecule is C=C[C@H](N)[C@@H](O)[C@H](O)[C@H](O)CO. The Morgan fingerprint density at radius 1 is 1.25 bits per heavy atom. The van der Waals surface area contributed by atoms with Crippen LogP contribution in [-0.4, -0.2) is 51.4 Å². The first-order valence-electron chi connectivity index (χ1n) is 3.57. The molecular formula is C7H15NO4. The van der Waals surface area contributed by atoms with Crippen molar-refractivity contribution in [3.05, 3.63) is 12.7 Å². The van der Waals surface area contributed by atoms with E-state index in [4.69, 9.17) is 21.1 Å². The molecule has 0 bridgehead atoms. The van der Waals surface area contributed by atoms with E-state index < -0.39 is 31.0 Å². The molecule has 0 aromatic carbocycles. The van der Waals surface area contributed by atoms with Gasteiger partial charge >= 0.3 is 0 Å². The lowest BCUT2D eigenvalue weighted by atomic mass is 10.0. The highest BCUT2D eigenvalue weighted by molar-refractivity contribution is 4.93. The Balaban J connectivity index is 4.07. The van der Waals surface area contributed by atoms with Crippen molar-refractivity contribution in [2.45, 2.75) is 24.4 Å². The molecule has 72 valence electrons. The van der Waals surface area contributed by atoms with Gasteiger partial charge in [0.25, 0.3) is 0 Å². The van der Waals surface area contributed by atoms with Crippen molar-refractivity contribution in [1.29, 1.82) is 0 Å². The van der Waals surface area contributed by atoms with E-state index in [1.807, 2.05) is 0 Å². The number of aliphatic hydroxyl groups is 4. The number of rotatable bonds is 5. The summed E-state index contributed by atoms with van der Waals surface area (Å²) in [6, 6.07) is -0.818. The molecule has 0 amide bonds. The highest BCUT2D eigenvalue weighted by atomic mass is 16.4. The third kappa shape index (κ3) is 2.88. The van der Waals surface area contributed by atoms with Crippen molar-refractivity contribution in [3.63, 3.8) is 0 Å². The fourth-order valence-corrected chi connectivity index (χ4v) is 0.703. The standard InChI is InChI=1S/C7H15NO4/c1-2-4(8)6(11)7(12)5(10)3-9/h2,4-7,9-12H,1,3,8H2/t4-,5+,6+,7+/m0/s1. The molecule has 0 rings (SSSR count). The predicted octanol–water partition coefficient (Wildman–Crippen LogP) is -2.43. The molecule has 0 fully saturated rings. The van der Waals surface area contributed by atoms with Crippen molar-refractivity contribution in [2.75, 3.05) is 6.61 Å². The summed E-state index contributed by atoms with van der Waals surface area (Å²) in [6.45, 7) is 2.69. The fraction of sp³-hybridized carbons (Fsp3) is 0.714. The van der Waals surface area contributed by atoms with Crippen LogP contribution in [0.3, 0.4) is 0 Å². The highest BCUT2D eigenvalue weighted by Crippen LogP contribution is 2.03. The minimum absolute atomic E-state index is 0.623. The van der Waals surface area contributed by atoms with Crippen LogP contribution < -0.4 is 5.73 Å². The Morgan fingerprint density at radius 3 is 2.08 bits per heavy atom. The van der Waals surface area contributed by atoms with E-state index in [0.717, 1.165) is 0 Å². The van der Waals surface area contributed by atoms with Gasteiger partial charge in [0, 0.05) is 0 Å². The molecule has 4 atom stereocenters. The van der Waals surface area contributed by atoms with E-state index in [1.165, 1.54) is 6.08 Å². The molecule has 0 aliphatic heterocycles. The average Bonchev–Trinajstić information content (AvgIpc) is 2.12. The van der Waals surface area contributed by atoms with Crippen molar-refractivity contribution in [2.24, 2.45) is 5.73 Å². The van der Waals surface area contributed by atoms with E-state index in [1.54, 1.807) is 0 Å². The van der Waals surface area contributed by atoms with Gasteiger partial charge in [0.15, 0.2) is 0 Å². The van der Waals surface area contributed by atoms with E-state index in [-0.39, 0.29) is 0 Å². The second kappa shape index (κ2) is 5.23. The summed E-state index contributed by atoms with van der Waals surface area (Å²) in [4.78, 5) is 0. The van der Waals surface area contributed by atoms with Gasteiger partial charge in [-0.3, -0.25) is 0 Å². The molecular weight excluding hydrogens is 162 g/mol. The molecule has 0 aromatic rings. The lowest BCUT2D eigenvalue weighted by molar-refractivity contribution is -0.0790. The summed E-state index contributed by atoms with van der Waals surface area (Å²) in [5, 5.41) is 35.6. The predicted molar refractivity (Wildman–Crippen MR) is 43.3 cm³/mol. The molecule has 0 radical (unpaired) electrons. The normalized spacial score (nSPS) is 21.1. The third-order valence-electron chi connectivity index (χ3n) is 1.60. The van der Waals surface area contributed by atoms with Gasteiger partial charge in [0.05, 0.1) is 12.6 Å². The number of aliphatic hydroxyl groups excluding tert-OH is 4. The van der Waals surface area contributed by atoms with Gasteiger partial charge in [-0.05, 0) is 0 Å². The molecule has 0 saturated carbocycles. The Kier molecular flexibility index (Phi) is 5.03. The van der Waals surface area contributed by atoms with Crippen LogP contribution in [0.1, 0.15) is 0 Å². The molecule has 0 unspecified atom stereocenters. The zero-order valence-electron chi connectivity index (χ0n) is 6.67. The average molecular weight is 177 g/mol. The molecule has 5 nitrogen and oxygen atoms in total. The zero-order chi connectivity index (χ0) is 9.72. The monoisotopic (exact) mass is 177 g/mol. The van der Waals surface area contributed by atoms with E-state index in [9.17, 15) is 5.11 Å². The number of hydrogen-bond acceptors (Lipinski definition) is 5. The van der Waals surface area contributed by atoms with Gasteiger partial charge in [0.2, 0.25) is 0 Å². The van der Waals surface area contributed by atoms with Gasteiger partial charge in [0.1, 0.15) is 18.3 Å². The van der Waals surface area contributed by atoms with Crippen molar-refractivity contribution in [1.82, 2.24) is 0 Å². The maximum atomic E-state index is 9.17. The second-order valence-electron chi connectivity index (χ2n) is 2.54. The fourth-order valence-electron chi connectivity index (χ4n) is 0.703. The largest absolute Gasteiger partial charge is 0.394 e. The Bertz CT molecular complexity index is 141. The molecule has 0 aliphatic carbocycles. The molecule has 0 aromatic heterocycles. The first-order valence-corrected chi connectivity index (χ1v) is 3.57. The van der Waals surface area contributed by atoms with E-state index in [2.05, 4.69) is 6.58 Å². The molecule has 0 aliphatic rings.